The number of nitrogens with zero attached hydrogens (tertiary/aromatic N) is 1. The van der Waals surface area contributed by atoms with Crippen molar-refractivity contribution in [3.8, 4) is 11.3 Å². The molecule has 24 heavy (non-hydrogen) atoms. The fraction of sp³-hybridized carbons (Fsp3) is 0.0588. The summed E-state index contributed by atoms with van der Waals surface area (Å²) < 4.78 is 39.9. The molecule has 0 fully saturated rings. The number of nitrogens with one attached hydrogen (secondary N) is 1. The first-order valence-corrected chi connectivity index (χ1v) is 7.76. The normalized spacial score (nSPS) is 10.7. The molecule has 0 aliphatic carbocycles. The number of thiazole rings is 1. The van der Waals surface area contributed by atoms with E-state index in [0.717, 1.165) is 10.9 Å². The molecule has 3 aromatic rings. The maximum absolute atomic E-state index is 13.7. The quantitative estimate of drug-likeness (QED) is 0.739. The second-order valence-corrected chi connectivity index (χ2v) is 6.19. The zero-order chi connectivity index (χ0) is 17.3. The molecule has 0 saturated carbocycles. The van der Waals surface area contributed by atoms with Crippen LogP contribution in [0.5, 0.6) is 0 Å². The third kappa shape index (κ3) is 3.16. The molecule has 3 rings (SSSR count). The van der Waals surface area contributed by atoms with E-state index < -0.39 is 23.1 Å². The number of aryl methyl sites for hydroxylation is 1. The lowest BCUT2D eigenvalue weighted by atomic mass is 10.1. The Balaban J connectivity index is 1.86. The molecule has 1 heterocycles. The lowest BCUT2D eigenvalue weighted by molar-refractivity contribution is 0.102. The average Bonchev–Trinajstić information content (AvgIpc) is 2.91. The highest BCUT2D eigenvalue weighted by molar-refractivity contribution is 7.16. The molecule has 1 amide bonds. The van der Waals surface area contributed by atoms with Gasteiger partial charge in [0.2, 0.25) is 0 Å². The lowest BCUT2D eigenvalue weighted by Gasteiger charge is -2.03. The van der Waals surface area contributed by atoms with Crippen molar-refractivity contribution in [2.24, 2.45) is 0 Å². The summed E-state index contributed by atoms with van der Waals surface area (Å²) >= 11 is 1.19. The first-order chi connectivity index (χ1) is 11.5. The average molecular weight is 348 g/mol. The zero-order valence-electron chi connectivity index (χ0n) is 12.4. The fourth-order valence-corrected chi connectivity index (χ4v) is 3.00. The topological polar surface area (TPSA) is 42.0 Å². The lowest BCUT2D eigenvalue weighted by Crippen LogP contribution is -2.14. The Morgan fingerprint density at radius 2 is 1.79 bits per heavy atom. The van der Waals surface area contributed by atoms with Crippen molar-refractivity contribution < 1.29 is 18.0 Å². The number of anilines is 1. The largest absolute Gasteiger partial charge is 0.298 e. The van der Waals surface area contributed by atoms with E-state index in [-0.39, 0.29) is 10.9 Å². The molecule has 0 unspecified atom stereocenters. The van der Waals surface area contributed by atoms with Gasteiger partial charge in [-0.05, 0) is 43.3 Å². The summed E-state index contributed by atoms with van der Waals surface area (Å²) in [6.07, 6.45) is 0. The molecule has 0 bridgehead atoms. The fourth-order valence-electron chi connectivity index (χ4n) is 2.17. The minimum absolute atomic E-state index is 0.250. The first-order valence-electron chi connectivity index (χ1n) is 6.94. The van der Waals surface area contributed by atoms with E-state index in [4.69, 9.17) is 0 Å². The van der Waals surface area contributed by atoms with Gasteiger partial charge in [0.05, 0.1) is 11.3 Å². The van der Waals surface area contributed by atoms with E-state index in [1.807, 2.05) is 0 Å². The number of halogens is 3. The van der Waals surface area contributed by atoms with E-state index in [0.29, 0.717) is 11.3 Å². The van der Waals surface area contributed by atoms with E-state index in [9.17, 15) is 18.0 Å². The Morgan fingerprint density at radius 1 is 1.08 bits per heavy atom. The van der Waals surface area contributed by atoms with Crippen LogP contribution in [0.25, 0.3) is 11.3 Å². The highest BCUT2D eigenvalue weighted by atomic mass is 32.1. The Hall–Kier alpha value is -2.67. The number of carbonyl (C=O) groups excluding carboxylic acids is 1. The van der Waals surface area contributed by atoms with Crippen molar-refractivity contribution in [3.05, 3.63) is 70.4 Å². The van der Waals surface area contributed by atoms with Gasteiger partial charge in [0.25, 0.3) is 5.91 Å². The maximum Gasteiger partial charge on any atom is 0.260 e. The Kier molecular flexibility index (Phi) is 4.35. The molecule has 0 saturated heterocycles. The Morgan fingerprint density at radius 3 is 2.50 bits per heavy atom. The number of amides is 1. The predicted molar refractivity (Wildman–Crippen MR) is 86.6 cm³/mol. The van der Waals surface area contributed by atoms with Gasteiger partial charge in [-0.1, -0.05) is 6.07 Å². The van der Waals surface area contributed by atoms with Crippen LogP contribution in [0.1, 0.15) is 15.2 Å². The van der Waals surface area contributed by atoms with E-state index in [1.54, 1.807) is 19.1 Å². The smallest absolute Gasteiger partial charge is 0.260 e. The van der Waals surface area contributed by atoms with E-state index >= 15 is 0 Å². The molecule has 1 aromatic heterocycles. The monoisotopic (exact) mass is 348 g/mol. The van der Waals surface area contributed by atoms with Crippen molar-refractivity contribution in [1.82, 2.24) is 4.98 Å². The number of benzene rings is 2. The predicted octanol–water partition coefficient (Wildman–Crippen LogP) is 4.79. The van der Waals surface area contributed by atoms with Gasteiger partial charge >= 0.3 is 0 Å². The van der Waals surface area contributed by atoms with Crippen LogP contribution in [0.3, 0.4) is 0 Å². The van der Waals surface area contributed by atoms with E-state index in [2.05, 4.69) is 10.3 Å². The molecule has 0 aliphatic heterocycles. The minimum Gasteiger partial charge on any atom is -0.298 e. The molecule has 122 valence electrons. The standard InChI is InChI=1S/C17H11F3N2OS/c1-9-15(10-5-7-11(18)8-6-10)21-17(24-9)22-16(23)12-3-2-4-13(19)14(12)20/h2-8H,1H3,(H,21,22,23). The van der Waals surface area contributed by atoms with Crippen molar-refractivity contribution in [3.63, 3.8) is 0 Å². The maximum atomic E-state index is 13.7. The van der Waals surface area contributed by atoms with Gasteiger partial charge in [-0.25, -0.2) is 18.2 Å². The Labute approximate surface area is 139 Å². The minimum atomic E-state index is -1.21. The molecule has 2 aromatic carbocycles. The van der Waals surface area contributed by atoms with Crippen LogP contribution in [0.15, 0.2) is 42.5 Å². The van der Waals surface area contributed by atoms with Gasteiger partial charge in [0, 0.05) is 10.4 Å². The molecule has 3 nitrogen and oxygen atoms in total. The second-order valence-electron chi connectivity index (χ2n) is 4.99. The number of hydrogen-bond acceptors (Lipinski definition) is 3. The molecule has 0 spiro atoms. The number of rotatable bonds is 3. The van der Waals surface area contributed by atoms with Crippen LogP contribution in [0, 0.1) is 24.4 Å². The first kappa shape index (κ1) is 16.2. The van der Waals surface area contributed by atoms with Gasteiger partial charge in [-0.2, -0.15) is 0 Å². The summed E-state index contributed by atoms with van der Waals surface area (Å²) in [5.74, 6) is -3.44. The third-order valence-corrected chi connectivity index (χ3v) is 4.22. The summed E-state index contributed by atoms with van der Waals surface area (Å²) in [5.41, 5.74) is 0.892. The SMILES string of the molecule is Cc1sc(NC(=O)c2cccc(F)c2F)nc1-c1ccc(F)cc1. The van der Waals surface area contributed by atoms with Crippen LogP contribution >= 0.6 is 11.3 Å². The van der Waals surface area contributed by atoms with Crippen molar-refractivity contribution >= 4 is 22.4 Å². The summed E-state index contributed by atoms with van der Waals surface area (Å²) in [5, 5.41) is 2.71. The zero-order valence-corrected chi connectivity index (χ0v) is 13.3. The number of aromatic nitrogens is 1. The van der Waals surface area contributed by atoms with Crippen LogP contribution in [0.2, 0.25) is 0 Å². The van der Waals surface area contributed by atoms with Crippen molar-refractivity contribution in [1.29, 1.82) is 0 Å². The molecular formula is C17H11F3N2OS. The number of hydrogen-bond donors (Lipinski definition) is 1. The summed E-state index contributed by atoms with van der Waals surface area (Å²) in [7, 11) is 0. The molecule has 0 aliphatic rings. The van der Waals surface area contributed by atoms with Gasteiger partial charge in [0.15, 0.2) is 16.8 Å². The van der Waals surface area contributed by atoms with Crippen LogP contribution in [0.4, 0.5) is 18.3 Å². The summed E-state index contributed by atoms with van der Waals surface area (Å²) in [6, 6.07) is 9.17. The Bertz CT molecular complexity index is 907. The summed E-state index contributed by atoms with van der Waals surface area (Å²) in [4.78, 5) is 17.2. The van der Waals surface area contributed by atoms with Gasteiger partial charge in [-0.15, -0.1) is 11.3 Å². The van der Waals surface area contributed by atoms with E-state index in [1.165, 1.54) is 35.6 Å². The van der Waals surface area contributed by atoms with Crippen LogP contribution in [-0.2, 0) is 0 Å². The number of carbonyl (C=O) groups is 1. The molecule has 7 heteroatoms. The summed E-state index contributed by atoms with van der Waals surface area (Å²) in [6.45, 7) is 1.80. The molecular weight excluding hydrogens is 337 g/mol. The molecule has 0 atom stereocenters. The van der Waals surface area contributed by atoms with Gasteiger partial charge in [-0.3, -0.25) is 10.1 Å². The molecule has 1 N–H and O–H groups in total. The van der Waals surface area contributed by atoms with Crippen molar-refractivity contribution in [2.75, 3.05) is 5.32 Å². The van der Waals surface area contributed by atoms with Crippen molar-refractivity contribution in [2.45, 2.75) is 6.92 Å². The van der Waals surface area contributed by atoms with Gasteiger partial charge < -0.3 is 0 Å². The highest BCUT2D eigenvalue weighted by Gasteiger charge is 2.17. The second kappa shape index (κ2) is 6.45. The van der Waals surface area contributed by atoms with Crippen LogP contribution < -0.4 is 5.32 Å². The highest BCUT2D eigenvalue weighted by Crippen LogP contribution is 2.30. The van der Waals surface area contributed by atoms with Crippen LogP contribution in [-0.4, -0.2) is 10.9 Å². The third-order valence-electron chi connectivity index (χ3n) is 3.33. The van der Waals surface area contributed by atoms with Gasteiger partial charge in [0.1, 0.15) is 5.82 Å². The molecule has 0 radical (unpaired) electrons.